The van der Waals surface area contributed by atoms with E-state index in [1.54, 1.807) is 79.1 Å². The van der Waals surface area contributed by atoms with Crippen LogP contribution in [-0.4, -0.2) is 106 Å². The third kappa shape index (κ3) is 12.7. The number of phenolic OH excluding ortho intramolecular Hbond substituents is 1. The van der Waals surface area contributed by atoms with E-state index < -0.39 is 21.4 Å². The molecule has 6 heterocycles. The van der Waals surface area contributed by atoms with Gasteiger partial charge in [0.15, 0.2) is 16.9 Å². The zero-order valence-corrected chi connectivity index (χ0v) is 44.8. The first-order valence-electron chi connectivity index (χ1n) is 24.0. The van der Waals surface area contributed by atoms with Crippen molar-refractivity contribution in [2.24, 2.45) is 21.1 Å². The minimum atomic E-state index is -5.79. The van der Waals surface area contributed by atoms with Crippen LogP contribution in [0.15, 0.2) is 134 Å². The molecule has 0 spiro atoms. The van der Waals surface area contributed by atoms with Gasteiger partial charge in [0.05, 0.1) is 35.7 Å². The number of hydrogen-bond acceptors (Lipinski definition) is 14. The summed E-state index contributed by atoms with van der Waals surface area (Å²) in [7, 11) is 2.96. The van der Waals surface area contributed by atoms with Crippen molar-refractivity contribution in [1.29, 1.82) is 0 Å². The van der Waals surface area contributed by atoms with E-state index in [1.807, 2.05) is 67.7 Å². The van der Waals surface area contributed by atoms with Gasteiger partial charge in [-0.1, -0.05) is 54.6 Å². The Kier molecular flexibility index (Phi) is 16.1. The molecule has 6 aromatic heterocycles. The highest BCUT2D eigenvalue weighted by atomic mass is 32.2. The van der Waals surface area contributed by atoms with Crippen molar-refractivity contribution >= 4 is 83.9 Å². The minimum Gasteiger partial charge on any atom is -0.508 e. The highest BCUT2D eigenvalue weighted by Gasteiger charge is 2.48. The number of hydrogen-bond donors (Lipinski definition) is 4. The second kappa shape index (κ2) is 22.9. The van der Waals surface area contributed by atoms with Crippen LogP contribution in [0, 0.1) is 0 Å². The van der Waals surface area contributed by atoms with Crippen molar-refractivity contribution in [2.75, 3.05) is 30.0 Å². The molecule has 0 aliphatic heterocycles. The molecule has 4 amide bonds. The SMILES string of the molecule is CC(=O)Nc1cnc2c(c1)c(-c1cccc(-c3ccc(C(=O)N(C)C)cc3)c1)nn2C.CC(=O)Nc1cnc2c(c1)c(-c1cccc(O)c1)nn2C.CC(=O)Nc1cnc2c(c1)c(-c1cccc(OS(=O)(=O)C(F)(F)F)c1)nn2C. The summed E-state index contributed by atoms with van der Waals surface area (Å²) < 4.78 is 69.0. The second-order valence-electron chi connectivity index (χ2n) is 18.2. The zero-order valence-electron chi connectivity index (χ0n) is 44.0. The van der Waals surface area contributed by atoms with Gasteiger partial charge in [-0.25, -0.2) is 29.0 Å². The van der Waals surface area contributed by atoms with Gasteiger partial charge in [0.1, 0.15) is 28.6 Å². The maximum absolute atomic E-state index is 12.5. The number of carbonyl (C=O) groups excluding carboxylic acids is 4. The Morgan fingerprint density at radius 1 is 0.537 bits per heavy atom. The van der Waals surface area contributed by atoms with Gasteiger partial charge in [-0.05, 0) is 71.8 Å². The molecule has 0 unspecified atom stereocenters. The minimum absolute atomic E-state index is 0.0252. The zero-order chi connectivity index (χ0) is 57.8. The number of benzene rings is 4. The quantitative estimate of drug-likeness (QED) is 0.0735. The fraction of sp³-hybridized carbons (Fsp3) is 0.164. The van der Waals surface area contributed by atoms with Crippen LogP contribution >= 0.6 is 0 Å². The molecule has 4 N–H and O–H groups in total. The van der Waals surface area contributed by atoms with Gasteiger partial charge < -0.3 is 30.1 Å². The maximum atomic E-state index is 12.5. The van der Waals surface area contributed by atoms with Crippen molar-refractivity contribution < 1.29 is 50.1 Å². The number of phenols is 1. The first kappa shape index (κ1) is 56.2. The van der Waals surface area contributed by atoms with Crippen LogP contribution in [0.25, 0.3) is 78.0 Å². The summed E-state index contributed by atoms with van der Waals surface area (Å²) in [4.78, 5) is 60.5. The highest BCUT2D eigenvalue weighted by Crippen LogP contribution is 2.35. The van der Waals surface area contributed by atoms with Gasteiger partial charge in [0.2, 0.25) is 17.7 Å². The molecular formula is C55H50F3N13O8S. The van der Waals surface area contributed by atoms with Gasteiger partial charge in [-0.15, -0.1) is 0 Å². The number of anilines is 3. The Hall–Kier alpha value is -10.0. The molecule has 25 heteroatoms. The normalized spacial score (nSPS) is 11.3. The van der Waals surface area contributed by atoms with Gasteiger partial charge in [-0.3, -0.25) is 19.2 Å². The number of aryl methyl sites for hydroxylation is 3. The summed E-state index contributed by atoms with van der Waals surface area (Å²) >= 11 is 0. The number of amides is 4. The van der Waals surface area contributed by atoms with Crippen LogP contribution in [0.1, 0.15) is 31.1 Å². The lowest BCUT2D eigenvalue weighted by Gasteiger charge is -2.11. The monoisotopic (exact) mass is 1110 g/mol. The van der Waals surface area contributed by atoms with Crippen LogP contribution in [-0.2, 0) is 45.6 Å². The van der Waals surface area contributed by atoms with E-state index in [0.29, 0.717) is 56.3 Å². The van der Waals surface area contributed by atoms with Gasteiger partial charge in [-0.2, -0.15) is 36.9 Å². The summed E-state index contributed by atoms with van der Waals surface area (Å²) in [5.74, 6) is -0.970. The number of carbonyl (C=O) groups is 4. The molecule has 0 saturated heterocycles. The topological polar surface area (TPSA) is 263 Å². The van der Waals surface area contributed by atoms with E-state index in [1.165, 1.54) is 43.8 Å². The molecule has 0 saturated carbocycles. The number of aromatic nitrogens is 9. The Bertz CT molecular complexity index is 4140. The van der Waals surface area contributed by atoms with Gasteiger partial charge >= 0.3 is 15.6 Å². The van der Waals surface area contributed by atoms with Crippen molar-refractivity contribution in [3.05, 3.63) is 139 Å². The third-order valence-electron chi connectivity index (χ3n) is 11.7. The van der Waals surface area contributed by atoms with E-state index in [0.717, 1.165) is 56.5 Å². The lowest BCUT2D eigenvalue weighted by Crippen LogP contribution is -2.28. The van der Waals surface area contributed by atoms with Crippen LogP contribution in [0.4, 0.5) is 30.2 Å². The molecule has 0 atom stereocenters. The van der Waals surface area contributed by atoms with Crippen molar-refractivity contribution in [3.63, 3.8) is 0 Å². The van der Waals surface area contributed by atoms with E-state index >= 15 is 0 Å². The molecule has 0 radical (unpaired) electrons. The van der Waals surface area contributed by atoms with Crippen LogP contribution in [0.5, 0.6) is 11.5 Å². The predicted octanol–water partition coefficient (Wildman–Crippen LogP) is 9.08. The van der Waals surface area contributed by atoms with Crippen molar-refractivity contribution in [3.8, 4) is 56.4 Å². The number of halogens is 3. The van der Waals surface area contributed by atoms with Gasteiger partial charge in [0, 0.05) is 94.4 Å². The Morgan fingerprint density at radius 3 is 1.32 bits per heavy atom. The molecular weight excluding hydrogens is 1060 g/mol. The number of aromatic hydroxyl groups is 1. The van der Waals surface area contributed by atoms with Crippen molar-refractivity contribution in [1.82, 2.24) is 49.2 Å². The summed E-state index contributed by atoms with van der Waals surface area (Å²) in [6.45, 7) is 4.25. The van der Waals surface area contributed by atoms with Crippen LogP contribution in [0.3, 0.4) is 0 Å². The summed E-state index contributed by atoms with van der Waals surface area (Å²) in [6.07, 6.45) is 4.66. The van der Waals surface area contributed by atoms with Crippen LogP contribution in [0.2, 0.25) is 0 Å². The number of nitrogens with zero attached hydrogens (tertiary/aromatic N) is 10. The number of alkyl halides is 3. The third-order valence-corrected chi connectivity index (χ3v) is 12.7. The average Bonchev–Trinajstić information content (AvgIpc) is 4.15. The summed E-state index contributed by atoms with van der Waals surface area (Å²) in [5, 5.41) is 33.3. The fourth-order valence-electron chi connectivity index (χ4n) is 8.31. The Balaban J connectivity index is 0.000000161. The highest BCUT2D eigenvalue weighted by molar-refractivity contribution is 7.88. The second-order valence-corrected chi connectivity index (χ2v) is 19.7. The number of rotatable bonds is 10. The summed E-state index contributed by atoms with van der Waals surface area (Å²) in [5.41, 5.74) is 4.56. The molecule has 0 fully saturated rings. The average molecular weight is 1110 g/mol. The Morgan fingerprint density at radius 2 is 0.925 bits per heavy atom. The lowest BCUT2D eigenvalue weighted by molar-refractivity contribution is -0.115. The number of nitrogens with one attached hydrogen (secondary N) is 3. The lowest BCUT2D eigenvalue weighted by atomic mass is 9.99. The molecule has 4 aromatic carbocycles. The molecule has 0 aliphatic rings. The van der Waals surface area contributed by atoms with Gasteiger partial charge in [0.25, 0.3) is 5.91 Å². The molecule has 80 heavy (non-hydrogen) atoms. The molecule has 410 valence electrons. The number of fused-ring (bicyclic) bond motifs is 3. The molecule has 0 bridgehead atoms. The van der Waals surface area contributed by atoms with E-state index in [4.69, 9.17) is 0 Å². The van der Waals surface area contributed by atoms with Crippen molar-refractivity contribution in [2.45, 2.75) is 26.3 Å². The molecule has 21 nitrogen and oxygen atoms in total. The summed E-state index contributed by atoms with van der Waals surface area (Å²) in [6, 6.07) is 32.9. The van der Waals surface area contributed by atoms with Crippen LogP contribution < -0.4 is 20.1 Å². The molecule has 0 aliphatic carbocycles. The Labute approximate surface area is 454 Å². The molecule has 10 aromatic rings. The maximum Gasteiger partial charge on any atom is 0.534 e. The van der Waals surface area contributed by atoms with E-state index in [2.05, 4.69) is 56.4 Å². The fourth-order valence-corrected chi connectivity index (χ4v) is 8.76. The largest absolute Gasteiger partial charge is 0.534 e. The number of pyridine rings is 3. The van der Waals surface area contributed by atoms with E-state index in [-0.39, 0.29) is 29.4 Å². The first-order valence-corrected chi connectivity index (χ1v) is 25.4. The van der Waals surface area contributed by atoms with E-state index in [9.17, 15) is 45.9 Å². The predicted molar refractivity (Wildman–Crippen MR) is 295 cm³/mol. The standard InChI is InChI=1S/C24H23N5O2.C16H13F3N4O4S.C15H14N4O2/c1-15(30)26-20-13-21-22(27-29(4)23(21)25-14-20)19-7-5-6-18(12-19)16-8-10-17(11-9-16)24(31)28(2)3;1-9(24)21-11-7-13-14(22-23(2)15(13)20-8-11)10-4-3-5-12(6-10)27-28(25,26)16(17,18)19;1-9(20)17-11-7-13-14(10-4-3-5-12(21)6-10)18-19(2)15(13)16-8-11/h5-14H,1-4H3,(H,26,30);3-8H,1-2H3,(H,21,24);3-8,21H,1-2H3,(H,17,20). The smallest absolute Gasteiger partial charge is 0.508 e. The first-order chi connectivity index (χ1) is 37.8. The molecule has 10 rings (SSSR count).